The summed E-state index contributed by atoms with van der Waals surface area (Å²) in [6.07, 6.45) is 2.18. The van der Waals surface area contributed by atoms with Crippen molar-refractivity contribution in [2.24, 2.45) is 5.41 Å². The normalized spacial score (nSPS) is 17.5. The van der Waals surface area contributed by atoms with E-state index in [2.05, 4.69) is 4.90 Å². The second-order valence-electron chi connectivity index (χ2n) is 4.49. The van der Waals surface area contributed by atoms with E-state index >= 15 is 0 Å². The lowest BCUT2D eigenvalue weighted by Crippen LogP contribution is -2.28. The largest absolute Gasteiger partial charge is 0.396 e. The Labute approximate surface area is 89.3 Å². The number of hydrogen-bond donors (Lipinski definition) is 1. The smallest absolute Gasteiger partial charge is 0.123 e. The zero-order valence-corrected chi connectivity index (χ0v) is 8.91. The topological polar surface area (TPSA) is 23.5 Å². The van der Waals surface area contributed by atoms with Crippen LogP contribution in [0.5, 0.6) is 0 Å². The van der Waals surface area contributed by atoms with Crippen molar-refractivity contribution in [3.05, 3.63) is 30.1 Å². The summed E-state index contributed by atoms with van der Waals surface area (Å²) in [6.45, 7) is 1.09. The zero-order chi connectivity index (χ0) is 10.9. The van der Waals surface area contributed by atoms with E-state index in [1.54, 1.807) is 12.1 Å². The number of rotatable bonds is 4. The molecule has 0 amide bonds. The molecular weight excluding hydrogens is 193 g/mol. The Morgan fingerprint density at radius 3 is 2.40 bits per heavy atom. The lowest BCUT2D eigenvalue weighted by Gasteiger charge is -2.24. The molecular formula is C12H16FNO. The van der Waals surface area contributed by atoms with Crippen LogP contribution in [-0.2, 0) is 0 Å². The van der Waals surface area contributed by atoms with Gasteiger partial charge in [-0.05, 0) is 37.1 Å². The lowest BCUT2D eigenvalue weighted by atomic mass is 10.1. The van der Waals surface area contributed by atoms with Gasteiger partial charge in [-0.25, -0.2) is 4.39 Å². The molecule has 0 spiro atoms. The van der Waals surface area contributed by atoms with Crippen LogP contribution in [0, 0.1) is 11.2 Å². The third-order valence-electron chi connectivity index (χ3n) is 3.13. The van der Waals surface area contributed by atoms with Crippen molar-refractivity contribution in [3.63, 3.8) is 0 Å². The summed E-state index contributed by atoms with van der Waals surface area (Å²) in [5, 5.41) is 9.21. The Morgan fingerprint density at radius 1 is 1.33 bits per heavy atom. The quantitative estimate of drug-likeness (QED) is 0.820. The van der Waals surface area contributed by atoms with Crippen molar-refractivity contribution in [2.75, 3.05) is 25.1 Å². The summed E-state index contributed by atoms with van der Waals surface area (Å²) in [4.78, 5) is 2.07. The third-order valence-corrected chi connectivity index (χ3v) is 3.13. The molecule has 0 aliphatic heterocycles. The summed E-state index contributed by atoms with van der Waals surface area (Å²) in [5.74, 6) is -0.213. The van der Waals surface area contributed by atoms with Gasteiger partial charge in [-0.2, -0.15) is 0 Å². The van der Waals surface area contributed by atoms with Crippen molar-refractivity contribution in [2.45, 2.75) is 12.8 Å². The van der Waals surface area contributed by atoms with E-state index in [4.69, 9.17) is 0 Å². The molecule has 0 unspecified atom stereocenters. The summed E-state index contributed by atoms with van der Waals surface area (Å²) in [7, 11) is 1.98. The van der Waals surface area contributed by atoms with Gasteiger partial charge in [-0.3, -0.25) is 0 Å². The number of aliphatic hydroxyl groups is 1. The molecule has 2 rings (SSSR count). The third kappa shape index (κ3) is 2.29. The molecule has 0 atom stereocenters. The Bertz CT molecular complexity index is 332. The van der Waals surface area contributed by atoms with Crippen molar-refractivity contribution < 1.29 is 9.50 Å². The highest BCUT2D eigenvalue weighted by Gasteiger charge is 2.42. The number of anilines is 1. The molecule has 1 aromatic carbocycles. The maximum atomic E-state index is 12.7. The second-order valence-corrected chi connectivity index (χ2v) is 4.49. The van der Waals surface area contributed by atoms with E-state index in [1.165, 1.54) is 12.1 Å². The maximum Gasteiger partial charge on any atom is 0.123 e. The summed E-state index contributed by atoms with van der Waals surface area (Å²) >= 11 is 0. The molecule has 1 N–H and O–H groups in total. The van der Waals surface area contributed by atoms with Crippen molar-refractivity contribution >= 4 is 5.69 Å². The van der Waals surface area contributed by atoms with Gasteiger partial charge < -0.3 is 10.0 Å². The summed E-state index contributed by atoms with van der Waals surface area (Å²) in [6, 6.07) is 6.46. The number of aliphatic hydroxyl groups excluding tert-OH is 1. The second kappa shape index (κ2) is 3.81. The predicted octanol–water partition coefficient (Wildman–Crippen LogP) is 2.03. The molecule has 1 aliphatic rings. The van der Waals surface area contributed by atoms with Crippen LogP contribution in [0.2, 0.25) is 0 Å². The Morgan fingerprint density at radius 2 is 1.93 bits per heavy atom. The fourth-order valence-electron chi connectivity index (χ4n) is 1.83. The molecule has 82 valence electrons. The van der Waals surface area contributed by atoms with E-state index in [9.17, 15) is 9.50 Å². The molecule has 1 saturated carbocycles. The monoisotopic (exact) mass is 209 g/mol. The molecule has 1 aliphatic carbocycles. The molecule has 1 aromatic rings. The molecule has 15 heavy (non-hydrogen) atoms. The fraction of sp³-hybridized carbons (Fsp3) is 0.500. The Hall–Kier alpha value is -1.09. The van der Waals surface area contributed by atoms with E-state index in [1.807, 2.05) is 7.05 Å². The predicted molar refractivity (Wildman–Crippen MR) is 58.4 cm³/mol. The van der Waals surface area contributed by atoms with Crippen LogP contribution in [0.4, 0.5) is 10.1 Å². The average molecular weight is 209 g/mol. The number of hydrogen-bond acceptors (Lipinski definition) is 2. The fourth-order valence-corrected chi connectivity index (χ4v) is 1.83. The van der Waals surface area contributed by atoms with E-state index in [0.717, 1.165) is 25.1 Å². The van der Waals surface area contributed by atoms with Gasteiger partial charge in [0.25, 0.3) is 0 Å². The summed E-state index contributed by atoms with van der Waals surface area (Å²) in [5.41, 5.74) is 1.10. The first-order valence-electron chi connectivity index (χ1n) is 5.23. The molecule has 0 radical (unpaired) electrons. The van der Waals surface area contributed by atoms with Gasteiger partial charge in [0.05, 0.1) is 6.61 Å². The highest BCUT2D eigenvalue weighted by atomic mass is 19.1. The van der Waals surface area contributed by atoms with Crippen molar-refractivity contribution in [3.8, 4) is 0 Å². The van der Waals surface area contributed by atoms with Crippen molar-refractivity contribution in [1.29, 1.82) is 0 Å². The molecule has 2 nitrogen and oxygen atoms in total. The molecule has 0 bridgehead atoms. The van der Waals surface area contributed by atoms with Gasteiger partial charge >= 0.3 is 0 Å². The van der Waals surface area contributed by atoms with Gasteiger partial charge in [-0.1, -0.05) is 0 Å². The molecule has 3 heteroatoms. The number of benzene rings is 1. The van der Waals surface area contributed by atoms with Crippen LogP contribution in [0.15, 0.2) is 24.3 Å². The Kier molecular flexibility index (Phi) is 2.65. The first-order valence-corrected chi connectivity index (χ1v) is 5.23. The highest BCUT2D eigenvalue weighted by molar-refractivity contribution is 5.45. The molecule has 0 heterocycles. The molecule has 0 aromatic heterocycles. The van der Waals surface area contributed by atoms with E-state index in [-0.39, 0.29) is 17.8 Å². The highest BCUT2D eigenvalue weighted by Crippen LogP contribution is 2.45. The van der Waals surface area contributed by atoms with Crippen LogP contribution in [-0.4, -0.2) is 25.3 Å². The van der Waals surface area contributed by atoms with Crippen LogP contribution in [0.25, 0.3) is 0 Å². The minimum atomic E-state index is -0.213. The standard InChI is InChI=1S/C12H16FNO/c1-14(8-12(9-15)6-7-12)11-4-2-10(13)3-5-11/h2-5,15H,6-9H2,1H3. The minimum absolute atomic E-state index is 0.100. The van der Waals surface area contributed by atoms with Gasteiger partial charge in [0.2, 0.25) is 0 Å². The van der Waals surface area contributed by atoms with Crippen LogP contribution in [0.3, 0.4) is 0 Å². The average Bonchev–Trinajstić information content (AvgIpc) is 2.99. The van der Waals surface area contributed by atoms with Crippen LogP contribution in [0.1, 0.15) is 12.8 Å². The van der Waals surface area contributed by atoms with Crippen LogP contribution >= 0.6 is 0 Å². The van der Waals surface area contributed by atoms with Gasteiger partial charge in [0.15, 0.2) is 0 Å². The number of nitrogens with zero attached hydrogens (tertiary/aromatic N) is 1. The summed E-state index contributed by atoms with van der Waals surface area (Å²) < 4.78 is 12.7. The van der Waals surface area contributed by atoms with Gasteiger partial charge in [0.1, 0.15) is 5.82 Å². The van der Waals surface area contributed by atoms with E-state index in [0.29, 0.717) is 0 Å². The zero-order valence-electron chi connectivity index (χ0n) is 8.91. The lowest BCUT2D eigenvalue weighted by molar-refractivity contribution is 0.215. The van der Waals surface area contributed by atoms with E-state index < -0.39 is 0 Å². The van der Waals surface area contributed by atoms with Crippen LogP contribution < -0.4 is 4.90 Å². The van der Waals surface area contributed by atoms with Gasteiger partial charge in [0, 0.05) is 24.7 Å². The van der Waals surface area contributed by atoms with Crippen molar-refractivity contribution in [1.82, 2.24) is 0 Å². The molecule has 1 fully saturated rings. The minimum Gasteiger partial charge on any atom is -0.396 e. The SMILES string of the molecule is CN(CC1(CO)CC1)c1ccc(F)cc1. The molecule has 0 saturated heterocycles. The Balaban J connectivity index is 2.01. The first kappa shape index (κ1) is 10.4. The first-order chi connectivity index (χ1) is 7.15. The van der Waals surface area contributed by atoms with Gasteiger partial charge in [-0.15, -0.1) is 0 Å². The number of halogens is 1. The maximum absolute atomic E-state index is 12.7.